The molecule has 0 heterocycles. The molecule has 1 amide bonds. The van der Waals surface area contributed by atoms with E-state index in [2.05, 4.69) is 0 Å². The highest BCUT2D eigenvalue weighted by Gasteiger charge is 2.27. The second-order valence-corrected chi connectivity index (χ2v) is 4.42. The Bertz CT molecular complexity index is 203. The largest absolute Gasteiger partial charge is 0.372 e. The zero-order valence-corrected chi connectivity index (χ0v) is 9.74. The van der Waals surface area contributed by atoms with Gasteiger partial charge in [-0.3, -0.25) is 4.79 Å². The first kappa shape index (κ1) is 12.5. The van der Waals surface area contributed by atoms with Crippen LogP contribution in [-0.4, -0.2) is 43.7 Å². The van der Waals surface area contributed by atoms with Crippen LogP contribution in [0.25, 0.3) is 0 Å². The molecule has 1 aliphatic rings. The molecule has 0 unspecified atom stereocenters. The van der Waals surface area contributed by atoms with Crippen LogP contribution in [0.15, 0.2) is 0 Å². The first-order valence-electron chi connectivity index (χ1n) is 5.70. The molecular formula is C11H22N2O2. The minimum absolute atomic E-state index is 0.0731. The van der Waals surface area contributed by atoms with E-state index in [-0.39, 0.29) is 12.5 Å². The van der Waals surface area contributed by atoms with Crippen molar-refractivity contribution in [2.45, 2.75) is 32.2 Å². The quantitative estimate of drug-likeness (QED) is 0.659. The van der Waals surface area contributed by atoms with Crippen LogP contribution < -0.4 is 5.73 Å². The molecule has 4 nitrogen and oxygen atoms in total. The topological polar surface area (TPSA) is 55.6 Å². The van der Waals surface area contributed by atoms with Gasteiger partial charge in [0, 0.05) is 26.2 Å². The molecule has 2 N–H and O–H groups in total. The van der Waals surface area contributed by atoms with Crippen molar-refractivity contribution >= 4 is 5.91 Å². The van der Waals surface area contributed by atoms with Crippen molar-refractivity contribution in [3.8, 4) is 0 Å². The maximum absolute atomic E-state index is 11.5. The molecule has 88 valence electrons. The van der Waals surface area contributed by atoms with E-state index in [0.717, 1.165) is 25.8 Å². The zero-order chi connectivity index (χ0) is 11.3. The standard InChI is InChI=1S/C11H22N2O2/c1-3-4-15-8-11(14)13(2)7-9-5-10(12)6-9/h9-10H,3-8,12H2,1-2H3. The lowest BCUT2D eigenvalue weighted by atomic mass is 9.80. The third kappa shape index (κ3) is 4.18. The molecule has 0 aromatic heterocycles. The van der Waals surface area contributed by atoms with Crippen LogP contribution in [-0.2, 0) is 9.53 Å². The summed E-state index contributed by atoms with van der Waals surface area (Å²) in [6.45, 7) is 3.73. The zero-order valence-electron chi connectivity index (χ0n) is 9.74. The highest BCUT2D eigenvalue weighted by Crippen LogP contribution is 2.25. The van der Waals surface area contributed by atoms with Gasteiger partial charge in [-0.2, -0.15) is 0 Å². The first-order chi connectivity index (χ1) is 7.13. The predicted octanol–water partition coefficient (Wildman–Crippen LogP) is 0.609. The van der Waals surface area contributed by atoms with Gasteiger partial charge in [0.15, 0.2) is 0 Å². The van der Waals surface area contributed by atoms with Gasteiger partial charge in [0.2, 0.25) is 5.91 Å². The Balaban J connectivity index is 2.10. The summed E-state index contributed by atoms with van der Waals surface area (Å²) in [4.78, 5) is 13.3. The monoisotopic (exact) mass is 214 g/mol. The predicted molar refractivity (Wildman–Crippen MR) is 59.4 cm³/mol. The number of nitrogens with zero attached hydrogens (tertiary/aromatic N) is 1. The highest BCUT2D eigenvalue weighted by molar-refractivity contribution is 5.77. The third-order valence-corrected chi connectivity index (χ3v) is 2.80. The van der Waals surface area contributed by atoms with Crippen LogP contribution in [0, 0.1) is 5.92 Å². The molecular weight excluding hydrogens is 192 g/mol. The number of amides is 1. The molecule has 0 radical (unpaired) electrons. The SMILES string of the molecule is CCCOCC(=O)N(C)CC1CC(N)C1. The number of hydrogen-bond donors (Lipinski definition) is 1. The average Bonchev–Trinajstić information content (AvgIpc) is 2.15. The normalized spacial score (nSPS) is 24.7. The number of likely N-dealkylation sites (N-methyl/N-ethyl adjacent to an activating group) is 1. The number of ether oxygens (including phenoxy) is 1. The fourth-order valence-corrected chi connectivity index (χ4v) is 1.84. The van der Waals surface area contributed by atoms with Gasteiger partial charge in [0.1, 0.15) is 6.61 Å². The van der Waals surface area contributed by atoms with Gasteiger partial charge in [-0.15, -0.1) is 0 Å². The van der Waals surface area contributed by atoms with E-state index in [1.165, 1.54) is 0 Å². The fraction of sp³-hybridized carbons (Fsp3) is 0.909. The minimum atomic E-state index is 0.0731. The lowest BCUT2D eigenvalue weighted by Gasteiger charge is -2.35. The average molecular weight is 214 g/mol. The Morgan fingerprint density at radius 2 is 2.20 bits per heavy atom. The van der Waals surface area contributed by atoms with E-state index in [0.29, 0.717) is 18.6 Å². The summed E-state index contributed by atoms with van der Waals surface area (Å²) in [6, 6.07) is 0.356. The van der Waals surface area contributed by atoms with Gasteiger partial charge in [0.05, 0.1) is 0 Å². The molecule has 0 atom stereocenters. The highest BCUT2D eigenvalue weighted by atomic mass is 16.5. The van der Waals surface area contributed by atoms with Crippen LogP contribution in [0.1, 0.15) is 26.2 Å². The van der Waals surface area contributed by atoms with Crippen molar-refractivity contribution in [3.05, 3.63) is 0 Å². The number of nitrogens with two attached hydrogens (primary N) is 1. The summed E-state index contributed by atoms with van der Waals surface area (Å²) in [5.41, 5.74) is 5.69. The van der Waals surface area contributed by atoms with Gasteiger partial charge < -0.3 is 15.4 Å². The molecule has 4 heteroatoms. The second kappa shape index (κ2) is 6.08. The van der Waals surface area contributed by atoms with Crippen LogP contribution >= 0.6 is 0 Å². The van der Waals surface area contributed by atoms with Crippen molar-refractivity contribution < 1.29 is 9.53 Å². The van der Waals surface area contributed by atoms with Crippen LogP contribution in [0.2, 0.25) is 0 Å². The fourth-order valence-electron chi connectivity index (χ4n) is 1.84. The van der Waals surface area contributed by atoms with Crippen molar-refractivity contribution in [1.29, 1.82) is 0 Å². The summed E-state index contributed by atoms with van der Waals surface area (Å²) >= 11 is 0. The summed E-state index contributed by atoms with van der Waals surface area (Å²) in [7, 11) is 1.83. The number of rotatable bonds is 6. The minimum Gasteiger partial charge on any atom is -0.372 e. The Kier molecular flexibility index (Phi) is 5.05. The molecule has 0 aromatic carbocycles. The number of carbonyl (C=O) groups is 1. The Morgan fingerprint density at radius 1 is 1.53 bits per heavy atom. The van der Waals surface area contributed by atoms with Crippen LogP contribution in [0.5, 0.6) is 0 Å². The summed E-state index contributed by atoms with van der Waals surface area (Å²) in [6.07, 6.45) is 3.05. The first-order valence-corrected chi connectivity index (χ1v) is 5.70. The Labute approximate surface area is 91.8 Å². The van der Waals surface area contributed by atoms with Crippen molar-refractivity contribution in [2.75, 3.05) is 26.8 Å². The van der Waals surface area contributed by atoms with Crippen molar-refractivity contribution in [1.82, 2.24) is 4.90 Å². The molecule has 0 bridgehead atoms. The van der Waals surface area contributed by atoms with Gasteiger partial charge in [0.25, 0.3) is 0 Å². The van der Waals surface area contributed by atoms with Gasteiger partial charge >= 0.3 is 0 Å². The van der Waals surface area contributed by atoms with E-state index in [1.54, 1.807) is 4.90 Å². The van der Waals surface area contributed by atoms with Gasteiger partial charge in [-0.25, -0.2) is 0 Å². The van der Waals surface area contributed by atoms with Crippen molar-refractivity contribution in [3.63, 3.8) is 0 Å². The Hall–Kier alpha value is -0.610. The molecule has 15 heavy (non-hydrogen) atoms. The van der Waals surface area contributed by atoms with Gasteiger partial charge in [-0.1, -0.05) is 6.92 Å². The maximum atomic E-state index is 11.5. The lowest BCUT2D eigenvalue weighted by molar-refractivity contribution is -0.135. The molecule has 1 saturated carbocycles. The molecule has 1 aliphatic carbocycles. The van der Waals surface area contributed by atoms with Crippen molar-refractivity contribution in [2.24, 2.45) is 11.7 Å². The number of hydrogen-bond acceptors (Lipinski definition) is 3. The lowest BCUT2D eigenvalue weighted by Crippen LogP contribution is -2.44. The molecule has 0 saturated heterocycles. The summed E-state index contributed by atoms with van der Waals surface area (Å²) in [5.74, 6) is 0.670. The van der Waals surface area contributed by atoms with E-state index in [1.807, 2.05) is 14.0 Å². The van der Waals surface area contributed by atoms with E-state index in [4.69, 9.17) is 10.5 Å². The third-order valence-electron chi connectivity index (χ3n) is 2.80. The maximum Gasteiger partial charge on any atom is 0.248 e. The van der Waals surface area contributed by atoms with Gasteiger partial charge in [-0.05, 0) is 25.2 Å². The van der Waals surface area contributed by atoms with E-state index in [9.17, 15) is 4.79 Å². The molecule has 0 aliphatic heterocycles. The Morgan fingerprint density at radius 3 is 2.73 bits per heavy atom. The smallest absolute Gasteiger partial charge is 0.248 e. The molecule has 0 spiro atoms. The summed E-state index contributed by atoms with van der Waals surface area (Å²) in [5, 5.41) is 0. The van der Waals surface area contributed by atoms with Crippen LogP contribution in [0.4, 0.5) is 0 Å². The van der Waals surface area contributed by atoms with E-state index < -0.39 is 0 Å². The second-order valence-electron chi connectivity index (χ2n) is 4.42. The molecule has 1 rings (SSSR count). The van der Waals surface area contributed by atoms with E-state index >= 15 is 0 Å². The summed E-state index contributed by atoms with van der Waals surface area (Å²) < 4.78 is 5.20. The van der Waals surface area contributed by atoms with Crippen LogP contribution in [0.3, 0.4) is 0 Å². The number of carbonyl (C=O) groups excluding carboxylic acids is 1. The molecule has 0 aromatic rings. The molecule has 1 fully saturated rings.